The normalized spacial score (nSPS) is 10.5. The fourth-order valence-electron chi connectivity index (χ4n) is 2.42. The summed E-state index contributed by atoms with van der Waals surface area (Å²) in [7, 11) is 1.33. The number of aryl methyl sites for hydroxylation is 1. The van der Waals surface area contributed by atoms with E-state index >= 15 is 0 Å². The molecule has 0 bridgehead atoms. The summed E-state index contributed by atoms with van der Waals surface area (Å²) < 4.78 is 10.2. The zero-order valence-corrected chi connectivity index (χ0v) is 12.9. The molecule has 2 rings (SSSR count). The summed E-state index contributed by atoms with van der Waals surface area (Å²) in [6, 6.07) is 10.7. The van der Waals surface area contributed by atoms with Gasteiger partial charge in [0.2, 0.25) is 0 Å². The lowest BCUT2D eigenvalue weighted by atomic mass is 9.98. The van der Waals surface area contributed by atoms with Gasteiger partial charge >= 0.3 is 11.6 Å². The van der Waals surface area contributed by atoms with E-state index in [1.54, 1.807) is 0 Å². The minimum absolute atomic E-state index is 0.351. The molecule has 0 fully saturated rings. The van der Waals surface area contributed by atoms with Crippen molar-refractivity contribution >= 4 is 5.97 Å². The highest BCUT2D eigenvalue weighted by molar-refractivity contribution is 5.98. The van der Waals surface area contributed by atoms with Crippen LogP contribution in [0, 0.1) is 0 Å². The number of benzene rings is 1. The first kappa shape index (κ1) is 16.0. The molecule has 0 unspecified atom stereocenters. The van der Waals surface area contributed by atoms with Crippen LogP contribution in [0.3, 0.4) is 0 Å². The van der Waals surface area contributed by atoms with E-state index < -0.39 is 11.6 Å². The first-order chi connectivity index (χ1) is 10.7. The number of hydrogen-bond donors (Lipinski definition) is 0. The Kier molecular flexibility index (Phi) is 5.53. The quantitative estimate of drug-likeness (QED) is 0.601. The molecule has 0 aliphatic heterocycles. The van der Waals surface area contributed by atoms with E-state index in [2.05, 4.69) is 6.92 Å². The molecule has 0 spiro atoms. The van der Waals surface area contributed by atoms with Crippen LogP contribution in [0.5, 0.6) is 0 Å². The molecule has 0 radical (unpaired) electrons. The second-order valence-corrected chi connectivity index (χ2v) is 5.09. The Morgan fingerprint density at radius 2 is 1.91 bits per heavy atom. The fraction of sp³-hybridized carbons (Fsp3) is 0.333. The van der Waals surface area contributed by atoms with Crippen LogP contribution < -0.4 is 5.63 Å². The third-order valence-corrected chi connectivity index (χ3v) is 3.52. The van der Waals surface area contributed by atoms with Gasteiger partial charge in [0.15, 0.2) is 0 Å². The molecule has 22 heavy (non-hydrogen) atoms. The largest absolute Gasteiger partial charge is 0.465 e. The standard InChI is InChI=1S/C18H20O4/c1-3-4-6-11-15-17(18(20)21-2)14(12-16(19)22-15)13-9-7-5-8-10-13/h5,7-10,12H,3-4,6,11H2,1-2H3. The van der Waals surface area contributed by atoms with Crippen molar-refractivity contribution in [2.24, 2.45) is 0 Å². The minimum atomic E-state index is -0.478. The number of rotatable bonds is 6. The lowest BCUT2D eigenvalue weighted by molar-refractivity contribution is 0.0596. The molecule has 0 atom stereocenters. The summed E-state index contributed by atoms with van der Waals surface area (Å²) in [5.74, 6) is -0.0687. The average Bonchev–Trinajstić information content (AvgIpc) is 2.54. The number of ether oxygens (including phenoxy) is 1. The predicted molar refractivity (Wildman–Crippen MR) is 85.0 cm³/mol. The van der Waals surface area contributed by atoms with E-state index in [0.29, 0.717) is 23.3 Å². The van der Waals surface area contributed by atoms with Crippen LogP contribution in [0.1, 0.15) is 42.3 Å². The average molecular weight is 300 g/mol. The van der Waals surface area contributed by atoms with Crippen molar-refractivity contribution in [2.75, 3.05) is 7.11 Å². The van der Waals surface area contributed by atoms with Crippen molar-refractivity contribution in [3.63, 3.8) is 0 Å². The lowest BCUT2D eigenvalue weighted by Crippen LogP contribution is -2.13. The maximum atomic E-state index is 12.2. The van der Waals surface area contributed by atoms with Crippen molar-refractivity contribution < 1.29 is 13.9 Å². The molecule has 4 heteroatoms. The summed E-state index contributed by atoms with van der Waals surface area (Å²) in [6.07, 6.45) is 3.48. The number of esters is 1. The molecule has 1 heterocycles. The van der Waals surface area contributed by atoms with Crippen LogP contribution in [0.15, 0.2) is 45.6 Å². The van der Waals surface area contributed by atoms with Crippen molar-refractivity contribution in [3.8, 4) is 11.1 Å². The van der Waals surface area contributed by atoms with E-state index in [1.165, 1.54) is 13.2 Å². The highest BCUT2D eigenvalue weighted by Crippen LogP contribution is 2.26. The van der Waals surface area contributed by atoms with Gasteiger partial charge in [0.25, 0.3) is 0 Å². The summed E-state index contributed by atoms with van der Waals surface area (Å²) >= 11 is 0. The first-order valence-corrected chi connectivity index (χ1v) is 7.48. The number of hydrogen-bond acceptors (Lipinski definition) is 4. The fourth-order valence-corrected chi connectivity index (χ4v) is 2.42. The Bertz CT molecular complexity index is 686. The van der Waals surface area contributed by atoms with Crippen molar-refractivity contribution in [2.45, 2.75) is 32.6 Å². The molecular formula is C18H20O4. The zero-order chi connectivity index (χ0) is 15.9. The van der Waals surface area contributed by atoms with Gasteiger partial charge in [0.05, 0.1) is 7.11 Å². The van der Waals surface area contributed by atoms with Gasteiger partial charge < -0.3 is 9.15 Å². The maximum absolute atomic E-state index is 12.2. The minimum Gasteiger partial charge on any atom is -0.465 e. The summed E-state index contributed by atoms with van der Waals surface area (Å²) in [6.45, 7) is 2.10. The van der Waals surface area contributed by atoms with Gasteiger partial charge in [0, 0.05) is 18.1 Å². The van der Waals surface area contributed by atoms with Crippen LogP contribution in [-0.2, 0) is 11.2 Å². The third-order valence-electron chi connectivity index (χ3n) is 3.52. The van der Waals surface area contributed by atoms with E-state index in [1.807, 2.05) is 30.3 Å². The number of carbonyl (C=O) groups excluding carboxylic acids is 1. The summed E-state index contributed by atoms with van der Waals surface area (Å²) in [5, 5.41) is 0. The van der Waals surface area contributed by atoms with Gasteiger partial charge in [-0.1, -0.05) is 50.1 Å². The molecule has 0 N–H and O–H groups in total. The van der Waals surface area contributed by atoms with Crippen LogP contribution in [0.4, 0.5) is 0 Å². The van der Waals surface area contributed by atoms with Gasteiger partial charge in [-0.25, -0.2) is 9.59 Å². The van der Waals surface area contributed by atoms with E-state index in [0.717, 1.165) is 24.8 Å². The van der Waals surface area contributed by atoms with Crippen molar-refractivity contribution in [3.05, 3.63) is 58.1 Å². The molecule has 0 amide bonds. The van der Waals surface area contributed by atoms with Gasteiger partial charge in [-0.05, 0) is 12.0 Å². The van der Waals surface area contributed by atoms with E-state index in [9.17, 15) is 9.59 Å². The van der Waals surface area contributed by atoms with Crippen LogP contribution in [0.2, 0.25) is 0 Å². The Labute approximate surface area is 129 Å². The predicted octanol–water partition coefficient (Wildman–Crippen LogP) is 3.83. The van der Waals surface area contributed by atoms with Gasteiger partial charge in [-0.3, -0.25) is 0 Å². The second-order valence-electron chi connectivity index (χ2n) is 5.09. The Morgan fingerprint density at radius 1 is 1.18 bits per heavy atom. The van der Waals surface area contributed by atoms with E-state index in [4.69, 9.17) is 9.15 Å². The second kappa shape index (κ2) is 7.59. The van der Waals surface area contributed by atoms with Gasteiger partial charge in [-0.15, -0.1) is 0 Å². The molecule has 116 valence electrons. The molecular weight excluding hydrogens is 280 g/mol. The molecule has 0 aliphatic rings. The lowest BCUT2D eigenvalue weighted by Gasteiger charge is -2.11. The van der Waals surface area contributed by atoms with Crippen LogP contribution in [-0.4, -0.2) is 13.1 Å². The molecule has 1 aromatic carbocycles. The highest BCUT2D eigenvalue weighted by Gasteiger charge is 2.21. The molecule has 1 aromatic heterocycles. The molecule has 0 aliphatic carbocycles. The number of unbranched alkanes of at least 4 members (excludes halogenated alkanes) is 2. The zero-order valence-electron chi connectivity index (χ0n) is 12.9. The molecule has 0 saturated heterocycles. The SMILES string of the molecule is CCCCCc1oc(=O)cc(-c2ccccc2)c1C(=O)OC. The third kappa shape index (κ3) is 3.64. The monoisotopic (exact) mass is 300 g/mol. The Morgan fingerprint density at radius 3 is 2.55 bits per heavy atom. The van der Waals surface area contributed by atoms with Gasteiger partial charge in [0.1, 0.15) is 11.3 Å². The Hall–Kier alpha value is -2.36. The molecule has 4 nitrogen and oxygen atoms in total. The first-order valence-electron chi connectivity index (χ1n) is 7.48. The molecule has 0 saturated carbocycles. The number of methoxy groups -OCH3 is 1. The summed E-state index contributed by atoms with van der Waals surface area (Å²) in [4.78, 5) is 24.0. The molecule has 2 aromatic rings. The van der Waals surface area contributed by atoms with Crippen molar-refractivity contribution in [1.29, 1.82) is 0 Å². The van der Waals surface area contributed by atoms with Gasteiger partial charge in [-0.2, -0.15) is 0 Å². The number of carbonyl (C=O) groups is 1. The van der Waals surface area contributed by atoms with E-state index in [-0.39, 0.29) is 0 Å². The Balaban J connectivity index is 2.56. The van der Waals surface area contributed by atoms with Crippen molar-refractivity contribution in [1.82, 2.24) is 0 Å². The van der Waals surface area contributed by atoms with Crippen LogP contribution >= 0.6 is 0 Å². The topological polar surface area (TPSA) is 56.5 Å². The highest BCUT2D eigenvalue weighted by atomic mass is 16.5. The van der Waals surface area contributed by atoms with Crippen LogP contribution in [0.25, 0.3) is 11.1 Å². The summed E-state index contributed by atoms with van der Waals surface area (Å²) in [5.41, 5.74) is 1.27. The smallest absolute Gasteiger partial charge is 0.341 e. The maximum Gasteiger partial charge on any atom is 0.341 e.